The van der Waals surface area contributed by atoms with Gasteiger partial charge in [0.15, 0.2) is 0 Å². The van der Waals surface area contributed by atoms with Gasteiger partial charge in [0.05, 0.1) is 6.20 Å². The summed E-state index contributed by atoms with van der Waals surface area (Å²) >= 11 is 2.86. The van der Waals surface area contributed by atoms with E-state index in [4.69, 9.17) is 15.8 Å². The van der Waals surface area contributed by atoms with Crippen LogP contribution in [0.4, 0.5) is 13.9 Å². The number of aryl methyl sites for hydroxylation is 1. The van der Waals surface area contributed by atoms with Crippen molar-refractivity contribution in [1.29, 1.82) is 0 Å². The van der Waals surface area contributed by atoms with E-state index in [-0.39, 0.29) is 5.56 Å². The molecule has 2 N–H and O–H groups in total. The molecule has 1 aliphatic rings. The van der Waals surface area contributed by atoms with Crippen LogP contribution >= 0.6 is 23.1 Å². The monoisotopic (exact) mass is 470 g/mol. The Labute approximate surface area is 191 Å². The first kappa shape index (κ1) is 21.0. The maximum Gasteiger partial charge on any atom is 0.210 e. The third-order valence-corrected chi connectivity index (χ3v) is 7.91. The molecule has 4 aromatic rings. The highest BCUT2D eigenvalue weighted by atomic mass is 32.2. The van der Waals surface area contributed by atoms with Crippen LogP contribution in [-0.2, 0) is 11.9 Å². The van der Waals surface area contributed by atoms with Gasteiger partial charge < -0.3 is 5.73 Å². The minimum absolute atomic E-state index is 0.133. The Morgan fingerprint density at radius 3 is 2.69 bits per heavy atom. The van der Waals surface area contributed by atoms with Crippen LogP contribution in [0.25, 0.3) is 10.3 Å². The van der Waals surface area contributed by atoms with E-state index in [9.17, 15) is 8.78 Å². The maximum atomic E-state index is 14.7. The van der Waals surface area contributed by atoms with Gasteiger partial charge in [-0.25, -0.2) is 18.8 Å². The second-order valence-corrected chi connectivity index (χ2v) is 9.66. The van der Waals surface area contributed by atoms with Crippen LogP contribution < -0.4 is 10.7 Å². The van der Waals surface area contributed by atoms with E-state index in [2.05, 4.69) is 5.10 Å². The van der Waals surface area contributed by atoms with Crippen LogP contribution in [0.5, 0.6) is 0 Å². The molecule has 0 bridgehead atoms. The number of thiazole rings is 1. The Morgan fingerprint density at radius 2 is 1.94 bits per heavy atom. The van der Waals surface area contributed by atoms with Gasteiger partial charge in [-0.05, 0) is 43.1 Å². The Morgan fingerprint density at radius 1 is 1.12 bits per heavy atom. The first-order valence-electron chi connectivity index (χ1n) is 10.1. The normalized spacial score (nSPS) is 18.5. The van der Waals surface area contributed by atoms with Crippen LogP contribution in [0.3, 0.4) is 0 Å². The average Bonchev–Trinajstić information content (AvgIpc) is 3.49. The predicted molar refractivity (Wildman–Crippen MR) is 126 cm³/mol. The fraction of sp³-hybridized carbons (Fsp3) is 0.227. The van der Waals surface area contributed by atoms with Crippen LogP contribution in [0.2, 0.25) is 0 Å². The first-order valence-corrected chi connectivity index (χ1v) is 11.7. The van der Waals surface area contributed by atoms with Crippen molar-refractivity contribution in [2.24, 2.45) is 17.9 Å². The minimum atomic E-state index is -0.698. The lowest BCUT2D eigenvalue weighted by Gasteiger charge is -2.35. The van der Waals surface area contributed by atoms with Crippen molar-refractivity contribution in [1.82, 2.24) is 14.8 Å². The first-order chi connectivity index (χ1) is 15.5. The summed E-state index contributed by atoms with van der Waals surface area (Å²) < 4.78 is 30.5. The van der Waals surface area contributed by atoms with Crippen molar-refractivity contribution in [3.05, 3.63) is 77.5 Å². The van der Waals surface area contributed by atoms with E-state index in [0.717, 1.165) is 34.5 Å². The lowest BCUT2D eigenvalue weighted by molar-refractivity contribution is 0.527. The van der Waals surface area contributed by atoms with E-state index >= 15 is 0 Å². The molecule has 0 aliphatic carbocycles. The SMILES string of the molecule is Cn1ncc2nc(N3N=C(c4cc(F)ccc4F)SC3(CCCN)c3ccccc3)sc21. The fourth-order valence-electron chi connectivity index (χ4n) is 3.80. The highest BCUT2D eigenvalue weighted by molar-refractivity contribution is 8.15. The Bertz CT molecular complexity index is 1300. The molecule has 1 aliphatic heterocycles. The van der Waals surface area contributed by atoms with E-state index in [0.29, 0.717) is 23.1 Å². The number of aromatic nitrogens is 3. The lowest BCUT2D eigenvalue weighted by Crippen LogP contribution is -2.38. The molecule has 32 heavy (non-hydrogen) atoms. The van der Waals surface area contributed by atoms with Gasteiger partial charge in [-0.2, -0.15) is 10.2 Å². The molecule has 0 spiro atoms. The van der Waals surface area contributed by atoms with Gasteiger partial charge in [0.25, 0.3) is 0 Å². The third kappa shape index (κ3) is 3.48. The molecule has 10 heteroatoms. The number of hydrogen-bond donors (Lipinski definition) is 1. The van der Waals surface area contributed by atoms with Crippen molar-refractivity contribution in [2.75, 3.05) is 11.6 Å². The van der Waals surface area contributed by atoms with Crippen molar-refractivity contribution in [2.45, 2.75) is 17.7 Å². The number of halogens is 2. The number of thioether (sulfide) groups is 1. The van der Waals surface area contributed by atoms with Gasteiger partial charge in [-0.3, -0.25) is 4.68 Å². The highest BCUT2D eigenvalue weighted by Gasteiger charge is 2.47. The van der Waals surface area contributed by atoms with Crippen molar-refractivity contribution in [3.63, 3.8) is 0 Å². The number of benzene rings is 2. The standard InChI is InChI=1S/C22H20F2N6S2/c1-29-20-18(13-26-29)27-21(31-20)30-22(10-5-11-25,14-6-3-2-4-7-14)32-19(28-30)16-12-15(23)8-9-17(16)24/h2-4,6-9,12-13H,5,10-11,25H2,1H3. The van der Waals surface area contributed by atoms with Crippen LogP contribution in [0, 0.1) is 11.6 Å². The average molecular weight is 471 g/mol. The zero-order chi connectivity index (χ0) is 22.3. The van der Waals surface area contributed by atoms with E-state index < -0.39 is 16.5 Å². The van der Waals surface area contributed by atoms with Crippen molar-refractivity contribution >= 4 is 43.6 Å². The van der Waals surface area contributed by atoms with E-state index in [1.54, 1.807) is 10.9 Å². The maximum absolute atomic E-state index is 14.7. The van der Waals surface area contributed by atoms with Gasteiger partial charge in [-0.1, -0.05) is 53.4 Å². The van der Waals surface area contributed by atoms with Crippen molar-refractivity contribution in [3.8, 4) is 0 Å². The smallest absolute Gasteiger partial charge is 0.210 e. The second-order valence-electron chi connectivity index (χ2n) is 7.44. The molecule has 164 valence electrons. The summed E-state index contributed by atoms with van der Waals surface area (Å²) in [5, 5.41) is 12.0. The van der Waals surface area contributed by atoms with Crippen LogP contribution in [-0.4, -0.2) is 26.4 Å². The van der Waals surface area contributed by atoms with Gasteiger partial charge in [0, 0.05) is 12.6 Å². The molecule has 0 radical (unpaired) electrons. The molecule has 6 nitrogen and oxygen atoms in total. The summed E-state index contributed by atoms with van der Waals surface area (Å²) in [6, 6.07) is 13.3. The Balaban J connectivity index is 1.70. The Kier molecular flexibility index (Phi) is 5.44. The molecule has 0 saturated carbocycles. The molecule has 0 amide bonds. The number of hydrogen-bond acceptors (Lipinski definition) is 7. The predicted octanol–water partition coefficient (Wildman–Crippen LogP) is 4.81. The topological polar surface area (TPSA) is 72.3 Å². The number of nitrogens with zero attached hydrogens (tertiary/aromatic N) is 5. The quantitative estimate of drug-likeness (QED) is 0.438. The van der Waals surface area contributed by atoms with Gasteiger partial charge >= 0.3 is 0 Å². The Hall–Kier alpha value is -2.82. The van der Waals surface area contributed by atoms with Gasteiger partial charge in [0.2, 0.25) is 5.13 Å². The summed E-state index contributed by atoms with van der Waals surface area (Å²) in [5.74, 6) is -1.03. The summed E-state index contributed by atoms with van der Waals surface area (Å²) in [4.78, 5) is 4.96. The summed E-state index contributed by atoms with van der Waals surface area (Å²) in [5.41, 5.74) is 7.77. The number of rotatable bonds is 6. The molecule has 0 saturated heterocycles. The molecule has 2 aromatic heterocycles. The van der Waals surface area contributed by atoms with Crippen LogP contribution in [0.15, 0.2) is 59.8 Å². The zero-order valence-corrected chi connectivity index (χ0v) is 18.8. The molecule has 5 rings (SSSR count). The minimum Gasteiger partial charge on any atom is -0.330 e. The summed E-state index contributed by atoms with van der Waals surface area (Å²) in [6.07, 6.45) is 3.08. The van der Waals surface area contributed by atoms with Gasteiger partial charge in [-0.15, -0.1) is 0 Å². The molecule has 0 fully saturated rings. The lowest BCUT2D eigenvalue weighted by atomic mass is 10.0. The second kappa shape index (κ2) is 8.27. The zero-order valence-electron chi connectivity index (χ0n) is 17.2. The van der Waals surface area contributed by atoms with E-state index in [1.165, 1.54) is 29.2 Å². The third-order valence-electron chi connectivity index (χ3n) is 5.35. The molecular formula is C22H20F2N6S2. The van der Waals surface area contributed by atoms with Crippen molar-refractivity contribution < 1.29 is 8.78 Å². The van der Waals surface area contributed by atoms with E-state index in [1.807, 2.05) is 42.4 Å². The van der Waals surface area contributed by atoms with Crippen LogP contribution in [0.1, 0.15) is 24.0 Å². The number of nitrogens with two attached hydrogens (primary N) is 1. The molecular weight excluding hydrogens is 450 g/mol. The summed E-state index contributed by atoms with van der Waals surface area (Å²) in [7, 11) is 1.86. The number of fused-ring (bicyclic) bond motifs is 1. The largest absolute Gasteiger partial charge is 0.330 e. The highest BCUT2D eigenvalue weighted by Crippen LogP contribution is 2.53. The number of hydrazone groups is 1. The number of anilines is 1. The van der Waals surface area contributed by atoms with Gasteiger partial charge in [0.1, 0.15) is 31.9 Å². The molecule has 1 unspecified atom stereocenters. The molecule has 3 heterocycles. The molecule has 1 atom stereocenters. The fourth-order valence-corrected chi connectivity index (χ4v) is 6.26. The summed E-state index contributed by atoms with van der Waals surface area (Å²) in [6.45, 7) is 0.496. The molecule has 2 aromatic carbocycles.